The van der Waals surface area contributed by atoms with Crippen LogP contribution in [0.15, 0.2) is 0 Å². The molecule has 0 aromatic carbocycles. The molecule has 6 heteroatoms. The summed E-state index contributed by atoms with van der Waals surface area (Å²) in [5, 5.41) is 2.73. The molecule has 0 aromatic heterocycles. The van der Waals surface area contributed by atoms with Gasteiger partial charge in [-0.3, -0.25) is 9.69 Å². The van der Waals surface area contributed by atoms with Crippen molar-refractivity contribution in [2.75, 3.05) is 26.7 Å². The van der Waals surface area contributed by atoms with Gasteiger partial charge >= 0.3 is 0 Å². The van der Waals surface area contributed by atoms with Gasteiger partial charge in [0, 0.05) is 13.2 Å². The number of carbonyl (C=O) groups excluding carboxylic acids is 1. The van der Waals surface area contributed by atoms with E-state index in [1.807, 2.05) is 0 Å². The van der Waals surface area contributed by atoms with Crippen molar-refractivity contribution in [2.24, 2.45) is 0 Å². The predicted molar refractivity (Wildman–Crippen MR) is 60.1 cm³/mol. The smallest absolute Gasteiger partial charge is 0.251 e. The van der Waals surface area contributed by atoms with E-state index in [9.17, 15) is 13.6 Å². The molecule has 1 aliphatic rings. The summed E-state index contributed by atoms with van der Waals surface area (Å²) in [5.41, 5.74) is 0. The maximum absolute atomic E-state index is 12.1. The highest BCUT2D eigenvalue weighted by atomic mass is 19.3. The molecule has 1 heterocycles. The summed E-state index contributed by atoms with van der Waals surface area (Å²) >= 11 is 0. The first-order valence-electron chi connectivity index (χ1n) is 5.88. The molecule has 1 fully saturated rings. The number of nitrogens with one attached hydrogen (secondary N) is 1. The average molecular weight is 250 g/mol. The van der Waals surface area contributed by atoms with Gasteiger partial charge in [0.15, 0.2) is 0 Å². The van der Waals surface area contributed by atoms with Crippen molar-refractivity contribution in [3.05, 3.63) is 0 Å². The van der Waals surface area contributed by atoms with Crippen LogP contribution in [0.4, 0.5) is 8.78 Å². The lowest BCUT2D eigenvalue weighted by Crippen LogP contribution is -2.46. The third-order valence-electron chi connectivity index (χ3n) is 2.99. The molecule has 0 aliphatic carbocycles. The van der Waals surface area contributed by atoms with Gasteiger partial charge in [0.1, 0.15) is 0 Å². The molecule has 0 spiro atoms. The number of hydrogen-bond acceptors (Lipinski definition) is 3. The molecule has 100 valence electrons. The molecule has 1 amide bonds. The molecule has 1 rings (SSSR count). The highest BCUT2D eigenvalue weighted by Crippen LogP contribution is 2.10. The zero-order valence-electron chi connectivity index (χ0n) is 10.3. The summed E-state index contributed by atoms with van der Waals surface area (Å²) in [6.45, 7) is 2.43. The van der Waals surface area contributed by atoms with Crippen LogP contribution >= 0.6 is 0 Å². The number of amides is 1. The van der Waals surface area contributed by atoms with Gasteiger partial charge in [-0.15, -0.1) is 0 Å². The van der Waals surface area contributed by atoms with Gasteiger partial charge < -0.3 is 10.1 Å². The normalized spacial score (nSPS) is 22.1. The maximum atomic E-state index is 12.1. The number of alkyl halides is 2. The van der Waals surface area contributed by atoms with E-state index in [0.29, 0.717) is 6.54 Å². The molecule has 4 nitrogen and oxygen atoms in total. The molecule has 1 saturated heterocycles. The van der Waals surface area contributed by atoms with E-state index in [0.717, 1.165) is 19.4 Å². The lowest BCUT2D eigenvalue weighted by Gasteiger charge is -2.23. The average Bonchev–Trinajstić information content (AvgIpc) is 2.76. The summed E-state index contributed by atoms with van der Waals surface area (Å²) in [5.74, 6) is -0.233. The van der Waals surface area contributed by atoms with Crippen molar-refractivity contribution in [3.8, 4) is 0 Å². The van der Waals surface area contributed by atoms with Crippen molar-refractivity contribution in [2.45, 2.75) is 38.3 Å². The van der Waals surface area contributed by atoms with E-state index in [1.165, 1.54) is 11.9 Å². The molecule has 0 radical (unpaired) electrons. The van der Waals surface area contributed by atoms with Crippen molar-refractivity contribution < 1.29 is 18.3 Å². The van der Waals surface area contributed by atoms with Crippen molar-refractivity contribution >= 4 is 5.91 Å². The Bertz CT molecular complexity index is 246. The number of carbonyl (C=O) groups is 1. The van der Waals surface area contributed by atoms with Crippen LogP contribution in [0.3, 0.4) is 0 Å². The fourth-order valence-corrected chi connectivity index (χ4v) is 1.74. The summed E-state index contributed by atoms with van der Waals surface area (Å²) in [7, 11) is 1.52. The van der Waals surface area contributed by atoms with Crippen LogP contribution in [0, 0.1) is 0 Å². The predicted octanol–water partition coefficient (Wildman–Crippen LogP) is 0.867. The zero-order chi connectivity index (χ0) is 12.8. The number of hydrogen-bond donors (Lipinski definition) is 1. The van der Waals surface area contributed by atoms with Gasteiger partial charge in [0.25, 0.3) is 6.43 Å². The van der Waals surface area contributed by atoms with Gasteiger partial charge in [0.2, 0.25) is 5.91 Å². The monoisotopic (exact) mass is 250 g/mol. The zero-order valence-corrected chi connectivity index (χ0v) is 10.3. The molecular formula is C11H20F2N2O2. The van der Waals surface area contributed by atoms with E-state index in [-0.39, 0.29) is 12.0 Å². The Labute approximate surface area is 100 Å². The third-order valence-corrected chi connectivity index (χ3v) is 2.99. The minimum absolute atomic E-state index is 0.0755. The Morgan fingerprint density at radius 2 is 2.29 bits per heavy atom. The lowest BCUT2D eigenvalue weighted by molar-refractivity contribution is -0.126. The molecule has 0 bridgehead atoms. The summed E-state index contributed by atoms with van der Waals surface area (Å²) in [6.07, 6.45) is -0.386. The van der Waals surface area contributed by atoms with Gasteiger partial charge in [0.05, 0.1) is 18.7 Å². The Hall–Kier alpha value is -0.750. The fourth-order valence-electron chi connectivity index (χ4n) is 1.74. The van der Waals surface area contributed by atoms with Gasteiger partial charge in [-0.05, 0) is 26.8 Å². The van der Waals surface area contributed by atoms with Crippen LogP contribution in [-0.4, -0.2) is 56.1 Å². The number of likely N-dealkylation sites (N-methyl/N-ethyl adjacent to an activating group) is 1. The number of rotatable bonds is 6. The second kappa shape index (κ2) is 6.86. The first kappa shape index (κ1) is 14.3. The van der Waals surface area contributed by atoms with E-state index < -0.39 is 19.0 Å². The molecule has 1 aliphatic heterocycles. The topological polar surface area (TPSA) is 41.6 Å². The first-order chi connectivity index (χ1) is 8.00. The Morgan fingerprint density at radius 3 is 2.82 bits per heavy atom. The first-order valence-corrected chi connectivity index (χ1v) is 5.88. The van der Waals surface area contributed by atoms with E-state index >= 15 is 0 Å². The van der Waals surface area contributed by atoms with Crippen molar-refractivity contribution in [1.29, 1.82) is 0 Å². The molecule has 0 saturated carbocycles. The van der Waals surface area contributed by atoms with E-state index in [1.54, 1.807) is 6.92 Å². The van der Waals surface area contributed by atoms with E-state index in [4.69, 9.17) is 4.74 Å². The highest BCUT2D eigenvalue weighted by Gasteiger charge is 2.22. The second-order valence-electron chi connectivity index (χ2n) is 4.39. The van der Waals surface area contributed by atoms with Gasteiger partial charge in [-0.25, -0.2) is 8.78 Å². The number of nitrogens with zero attached hydrogens (tertiary/aromatic N) is 1. The lowest BCUT2D eigenvalue weighted by atomic mass is 10.2. The number of ether oxygens (including phenoxy) is 1. The molecule has 17 heavy (non-hydrogen) atoms. The van der Waals surface area contributed by atoms with E-state index in [2.05, 4.69) is 5.32 Å². The standard InChI is InChI=1S/C11H20F2N2O2/c1-8(15(2)7-10(12)13)11(16)14-6-9-4-3-5-17-9/h8-10H,3-7H2,1-2H3,(H,14,16). The quantitative estimate of drug-likeness (QED) is 0.760. The minimum Gasteiger partial charge on any atom is -0.376 e. The van der Waals surface area contributed by atoms with Crippen LogP contribution in [0.5, 0.6) is 0 Å². The largest absolute Gasteiger partial charge is 0.376 e. The van der Waals surface area contributed by atoms with Crippen LogP contribution in [0.2, 0.25) is 0 Å². The summed E-state index contributed by atoms with van der Waals surface area (Å²) in [4.78, 5) is 13.0. The Balaban J connectivity index is 2.25. The van der Waals surface area contributed by atoms with Crippen LogP contribution in [-0.2, 0) is 9.53 Å². The summed E-state index contributed by atoms with van der Waals surface area (Å²) in [6, 6.07) is -0.551. The minimum atomic E-state index is -2.42. The van der Waals surface area contributed by atoms with Crippen molar-refractivity contribution in [3.63, 3.8) is 0 Å². The molecule has 0 aromatic rings. The SMILES string of the molecule is CC(C(=O)NCC1CCCO1)N(C)CC(F)F. The molecule has 2 unspecified atom stereocenters. The second-order valence-corrected chi connectivity index (χ2v) is 4.39. The molecular weight excluding hydrogens is 230 g/mol. The maximum Gasteiger partial charge on any atom is 0.251 e. The fraction of sp³-hybridized carbons (Fsp3) is 0.909. The van der Waals surface area contributed by atoms with Crippen molar-refractivity contribution in [1.82, 2.24) is 10.2 Å². The van der Waals surface area contributed by atoms with Gasteiger partial charge in [-0.1, -0.05) is 0 Å². The van der Waals surface area contributed by atoms with Crippen LogP contribution in [0.1, 0.15) is 19.8 Å². The van der Waals surface area contributed by atoms with Crippen LogP contribution in [0.25, 0.3) is 0 Å². The Morgan fingerprint density at radius 1 is 1.59 bits per heavy atom. The Kier molecular flexibility index (Phi) is 5.77. The third kappa shape index (κ3) is 4.95. The highest BCUT2D eigenvalue weighted by molar-refractivity contribution is 5.81. The van der Waals surface area contributed by atoms with Gasteiger partial charge in [-0.2, -0.15) is 0 Å². The number of halogens is 2. The van der Waals surface area contributed by atoms with Crippen LogP contribution < -0.4 is 5.32 Å². The molecule has 1 N–H and O–H groups in total. The summed E-state index contributed by atoms with van der Waals surface area (Å²) < 4.78 is 29.7. The molecule has 2 atom stereocenters.